The number of hydrogen-bond acceptors (Lipinski definition) is 6. The SMILES string of the molecule is O=C(O)CCNC(=O)CNC(=O)c1cccc(NC2=NCC(F)CN2)c1. The van der Waals surface area contributed by atoms with Crippen LogP contribution in [0.2, 0.25) is 0 Å². The molecule has 26 heavy (non-hydrogen) atoms. The van der Waals surface area contributed by atoms with Crippen LogP contribution in [0.1, 0.15) is 16.8 Å². The standard InChI is InChI=1S/C16H20FN5O4/c17-11-7-20-16(21-8-11)22-12-3-1-2-10(6-12)15(26)19-9-13(23)18-5-4-14(24)25/h1-3,6,11H,4-5,7-9H2,(H,18,23)(H,19,26)(H,24,25)(H2,20,21,22). The minimum absolute atomic E-state index is 0.00170. The van der Waals surface area contributed by atoms with Crippen LogP contribution in [-0.2, 0) is 9.59 Å². The van der Waals surface area contributed by atoms with Crippen LogP contribution in [0.5, 0.6) is 0 Å². The van der Waals surface area contributed by atoms with Gasteiger partial charge in [-0.05, 0) is 18.2 Å². The van der Waals surface area contributed by atoms with Gasteiger partial charge in [0.15, 0.2) is 5.96 Å². The first kappa shape index (κ1) is 19.2. The zero-order chi connectivity index (χ0) is 18.9. The lowest BCUT2D eigenvalue weighted by Crippen LogP contribution is -2.41. The van der Waals surface area contributed by atoms with E-state index in [9.17, 15) is 18.8 Å². The van der Waals surface area contributed by atoms with Gasteiger partial charge >= 0.3 is 5.97 Å². The quantitative estimate of drug-likeness (QED) is 0.451. The molecule has 1 unspecified atom stereocenters. The molecule has 2 amide bonds. The molecule has 1 aromatic rings. The van der Waals surface area contributed by atoms with Crippen molar-refractivity contribution < 1.29 is 23.9 Å². The average molecular weight is 365 g/mol. The van der Waals surface area contributed by atoms with Crippen LogP contribution in [0.25, 0.3) is 0 Å². The Bertz CT molecular complexity index is 710. The van der Waals surface area contributed by atoms with Crippen LogP contribution in [0, 0.1) is 0 Å². The van der Waals surface area contributed by atoms with Crippen LogP contribution >= 0.6 is 0 Å². The molecule has 140 valence electrons. The molecule has 1 aromatic carbocycles. The summed E-state index contributed by atoms with van der Waals surface area (Å²) in [5.41, 5.74) is 0.917. The second-order valence-electron chi connectivity index (χ2n) is 5.55. The third-order valence-corrected chi connectivity index (χ3v) is 3.40. The number of nitrogens with zero attached hydrogens (tertiary/aromatic N) is 1. The molecule has 0 bridgehead atoms. The first-order valence-electron chi connectivity index (χ1n) is 8.00. The Hall–Kier alpha value is -3.17. The Morgan fingerprint density at radius 2 is 2.12 bits per heavy atom. The summed E-state index contributed by atoms with van der Waals surface area (Å²) >= 11 is 0. The van der Waals surface area contributed by atoms with E-state index in [0.717, 1.165) is 0 Å². The number of halogens is 1. The van der Waals surface area contributed by atoms with E-state index < -0.39 is 24.0 Å². The number of carboxylic acids is 1. The van der Waals surface area contributed by atoms with Crippen LogP contribution < -0.4 is 21.3 Å². The van der Waals surface area contributed by atoms with Gasteiger partial charge in [-0.25, -0.2) is 9.38 Å². The minimum atomic E-state index is -1.02. The molecule has 1 aliphatic rings. The highest BCUT2D eigenvalue weighted by atomic mass is 19.1. The maximum atomic E-state index is 13.0. The molecular formula is C16H20FN5O4. The van der Waals surface area contributed by atoms with Crippen molar-refractivity contribution in [2.24, 2.45) is 4.99 Å². The number of guanidine groups is 1. The number of carboxylic acid groups (broad SMARTS) is 1. The largest absolute Gasteiger partial charge is 0.481 e. The van der Waals surface area contributed by atoms with Crippen LogP contribution in [0.15, 0.2) is 29.3 Å². The minimum Gasteiger partial charge on any atom is -0.481 e. The Kier molecular flexibility index (Phi) is 6.89. The number of alkyl halides is 1. The van der Waals surface area contributed by atoms with Gasteiger partial charge in [-0.2, -0.15) is 0 Å². The van der Waals surface area contributed by atoms with Crippen molar-refractivity contribution in [2.45, 2.75) is 12.6 Å². The van der Waals surface area contributed by atoms with Crippen molar-refractivity contribution in [3.8, 4) is 0 Å². The fourth-order valence-corrected chi connectivity index (χ4v) is 2.11. The highest BCUT2D eigenvalue weighted by Gasteiger charge is 2.14. The van der Waals surface area contributed by atoms with Crippen molar-refractivity contribution in [3.63, 3.8) is 0 Å². The third-order valence-electron chi connectivity index (χ3n) is 3.40. The van der Waals surface area contributed by atoms with E-state index in [0.29, 0.717) is 17.2 Å². The van der Waals surface area contributed by atoms with Crippen molar-refractivity contribution in [1.29, 1.82) is 0 Å². The maximum absolute atomic E-state index is 13.0. The molecule has 1 aliphatic heterocycles. The smallest absolute Gasteiger partial charge is 0.305 e. The predicted octanol–water partition coefficient (Wildman–Crippen LogP) is -0.283. The highest BCUT2D eigenvalue weighted by Crippen LogP contribution is 2.11. The molecule has 0 aromatic heterocycles. The summed E-state index contributed by atoms with van der Waals surface area (Å²) in [4.78, 5) is 38.0. The van der Waals surface area contributed by atoms with Gasteiger partial charge in [-0.1, -0.05) is 6.07 Å². The number of hydrogen-bond donors (Lipinski definition) is 5. The average Bonchev–Trinajstić information content (AvgIpc) is 2.61. The molecule has 1 heterocycles. The number of aliphatic imine (C=N–C) groups is 1. The van der Waals surface area contributed by atoms with E-state index in [4.69, 9.17) is 5.11 Å². The summed E-state index contributed by atoms with van der Waals surface area (Å²) in [5, 5.41) is 19.1. The summed E-state index contributed by atoms with van der Waals surface area (Å²) in [7, 11) is 0. The summed E-state index contributed by atoms with van der Waals surface area (Å²) in [6.07, 6.45) is -1.20. The normalized spacial score (nSPS) is 16.0. The predicted molar refractivity (Wildman–Crippen MR) is 92.9 cm³/mol. The fraction of sp³-hybridized carbons (Fsp3) is 0.375. The molecule has 2 rings (SSSR count). The number of anilines is 1. The molecule has 0 fully saturated rings. The lowest BCUT2D eigenvalue weighted by Gasteiger charge is -2.18. The number of benzene rings is 1. The van der Waals surface area contributed by atoms with E-state index in [-0.39, 0.29) is 32.6 Å². The number of nitrogens with one attached hydrogen (secondary N) is 4. The number of amides is 2. The summed E-state index contributed by atoms with van der Waals surface area (Å²) in [6, 6.07) is 6.53. The van der Waals surface area contributed by atoms with Crippen LogP contribution in [0.3, 0.4) is 0 Å². The Labute approximate surface area is 149 Å². The molecule has 0 spiro atoms. The van der Waals surface area contributed by atoms with Gasteiger partial charge in [-0.3, -0.25) is 14.4 Å². The summed E-state index contributed by atoms with van der Waals surface area (Å²) < 4.78 is 13.0. The number of aliphatic carboxylic acids is 1. The first-order valence-corrected chi connectivity index (χ1v) is 8.00. The summed E-state index contributed by atoms with van der Waals surface area (Å²) in [6.45, 7) is -0.0178. The second-order valence-corrected chi connectivity index (χ2v) is 5.55. The van der Waals surface area contributed by atoms with Crippen molar-refractivity contribution in [2.75, 3.05) is 31.5 Å². The Morgan fingerprint density at radius 1 is 1.31 bits per heavy atom. The molecule has 9 nitrogen and oxygen atoms in total. The van der Waals surface area contributed by atoms with Crippen molar-refractivity contribution in [1.82, 2.24) is 16.0 Å². The van der Waals surface area contributed by atoms with Crippen molar-refractivity contribution >= 4 is 29.4 Å². The number of carbonyl (C=O) groups excluding carboxylic acids is 2. The van der Waals surface area contributed by atoms with E-state index in [1.807, 2.05) is 0 Å². The van der Waals surface area contributed by atoms with Gasteiger partial charge < -0.3 is 26.4 Å². The zero-order valence-corrected chi connectivity index (χ0v) is 13.9. The molecule has 10 heteroatoms. The van der Waals surface area contributed by atoms with Crippen LogP contribution in [-0.4, -0.2) is 61.2 Å². The van der Waals surface area contributed by atoms with E-state index >= 15 is 0 Å². The van der Waals surface area contributed by atoms with E-state index in [1.165, 1.54) is 0 Å². The van der Waals surface area contributed by atoms with E-state index in [2.05, 4.69) is 26.3 Å². The molecule has 0 aliphatic carbocycles. The van der Waals surface area contributed by atoms with Gasteiger partial charge in [0.25, 0.3) is 5.91 Å². The second kappa shape index (κ2) is 9.35. The number of rotatable bonds is 7. The monoisotopic (exact) mass is 365 g/mol. The van der Waals surface area contributed by atoms with Crippen LogP contribution in [0.4, 0.5) is 10.1 Å². The van der Waals surface area contributed by atoms with Gasteiger partial charge in [0.1, 0.15) is 6.17 Å². The van der Waals surface area contributed by atoms with Gasteiger partial charge in [-0.15, -0.1) is 0 Å². The maximum Gasteiger partial charge on any atom is 0.305 e. The Morgan fingerprint density at radius 3 is 2.81 bits per heavy atom. The molecule has 0 radical (unpaired) electrons. The lowest BCUT2D eigenvalue weighted by molar-refractivity contribution is -0.136. The van der Waals surface area contributed by atoms with Gasteiger partial charge in [0, 0.05) is 17.8 Å². The lowest BCUT2D eigenvalue weighted by atomic mass is 10.2. The molecule has 0 saturated heterocycles. The topological polar surface area (TPSA) is 132 Å². The third kappa shape index (κ3) is 6.38. The number of carbonyl (C=O) groups is 3. The van der Waals surface area contributed by atoms with Gasteiger partial charge in [0.05, 0.1) is 26.1 Å². The zero-order valence-electron chi connectivity index (χ0n) is 13.9. The fourth-order valence-electron chi connectivity index (χ4n) is 2.11. The van der Waals surface area contributed by atoms with E-state index in [1.54, 1.807) is 24.3 Å². The van der Waals surface area contributed by atoms with Crippen molar-refractivity contribution in [3.05, 3.63) is 29.8 Å². The first-order chi connectivity index (χ1) is 12.4. The molecule has 1 atom stereocenters. The molecule has 0 saturated carbocycles. The Balaban J connectivity index is 1.83. The highest BCUT2D eigenvalue weighted by molar-refractivity contribution is 5.99. The molecule has 5 N–H and O–H groups in total. The summed E-state index contributed by atoms with van der Waals surface area (Å²) in [5.74, 6) is -1.52. The molecular weight excluding hydrogens is 345 g/mol. The van der Waals surface area contributed by atoms with Gasteiger partial charge in [0.2, 0.25) is 5.91 Å².